The average molecular weight is 301 g/mol. The molecule has 118 valence electrons. The summed E-state index contributed by atoms with van der Waals surface area (Å²) in [5.74, 6) is 0.984. The lowest BCUT2D eigenvalue weighted by atomic mass is 10.1. The van der Waals surface area contributed by atoms with Crippen molar-refractivity contribution in [2.75, 3.05) is 38.0 Å². The average Bonchev–Trinajstić information content (AvgIpc) is 2.75. The Morgan fingerprint density at radius 2 is 2.23 bits per heavy atom. The van der Waals surface area contributed by atoms with Crippen LogP contribution >= 0.6 is 0 Å². The van der Waals surface area contributed by atoms with Crippen LogP contribution in [0.1, 0.15) is 31.4 Å². The molecule has 2 heterocycles. The summed E-state index contributed by atoms with van der Waals surface area (Å²) in [7, 11) is 0. The fourth-order valence-electron chi connectivity index (χ4n) is 2.70. The highest BCUT2D eigenvalue weighted by Gasteiger charge is 2.18. The Labute approximate surface area is 131 Å². The second-order valence-electron chi connectivity index (χ2n) is 5.51. The molecule has 1 fully saturated rings. The topological polar surface area (TPSA) is 72.3 Å². The zero-order valence-electron chi connectivity index (χ0n) is 13.3. The Kier molecular flexibility index (Phi) is 5.73. The zero-order chi connectivity index (χ0) is 15.9. The van der Waals surface area contributed by atoms with Crippen molar-refractivity contribution in [2.24, 2.45) is 0 Å². The molecule has 2 rings (SSSR count). The number of hydrogen-bond donors (Lipinski definition) is 1. The summed E-state index contributed by atoms with van der Waals surface area (Å²) < 4.78 is 0. The summed E-state index contributed by atoms with van der Waals surface area (Å²) in [5.41, 5.74) is 1.62. The van der Waals surface area contributed by atoms with E-state index in [1.807, 2.05) is 17.9 Å². The molecular weight excluding hydrogens is 278 g/mol. The number of nitrogens with zero attached hydrogens (tertiary/aromatic N) is 4. The molecule has 0 unspecified atom stereocenters. The van der Waals surface area contributed by atoms with Crippen LogP contribution in [0.4, 0.5) is 5.82 Å². The number of hydrogen-bond acceptors (Lipinski definition) is 5. The van der Waals surface area contributed by atoms with Crippen LogP contribution < -0.4 is 5.32 Å². The lowest BCUT2D eigenvalue weighted by Crippen LogP contribution is -2.33. The number of pyridine rings is 1. The largest absolute Gasteiger partial charge is 0.370 e. The first-order valence-electron chi connectivity index (χ1n) is 7.74. The molecule has 1 aromatic rings. The lowest BCUT2D eigenvalue weighted by Gasteiger charge is -2.22. The molecule has 1 aliphatic heterocycles. The van der Waals surface area contributed by atoms with Crippen LogP contribution in [0.5, 0.6) is 0 Å². The van der Waals surface area contributed by atoms with Gasteiger partial charge in [-0.25, -0.2) is 4.98 Å². The van der Waals surface area contributed by atoms with Gasteiger partial charge in [-0.05, 0) is 19.4 Å². The van der Waals surface area contributed by atoms with Gasteiger partial charge in [0.05, 0.1) is 5.56 Å². The molecule has 0 aromatic carbocycles. The van der Waals surface area contributed by atoms with Gasteiger partial charge in [0.25, 0.3) is 0 Å². The summed E-state index contributed by atoms with van der Waals surface area (Å²) in [4.78, 5) is 20.1. The number of amides is 1. The van der Waals surface area contributed by atoms with Gasteiger partial charge >= 0.3 is 0 Å². The van der Waals surface area contributed by atoms with Crippen molar-refractivity contribution < 1.29 is 4.79 Å². The van der Waals surface area contributed by atoms with E-state index in [2.05, 4.69) is 21.3 Å². The van der Waals surface area contributed by atoms with Crippen molar-refractivity contribution in [3.63, 3.8) is 0 Å². The number of carbonyl (C=O) groups is 1. The summed E-state index contributed by atoms with van der Waals surface area (Å²) in [6, 6.07) is 4.05. The Bertz CT molecular complexity index is 566. The maximum absolute atomic E-state index is 11.5. The first-order valence-corrected chi connectivity index (χ1v) is 7.74. The van der Waals surface area contributed by atoms with Gasteiger partial charge in [0.15, 0.2) is 0 Å². The fraction of sp³-hybridized carbons (Fsp3) is 0.562. The van der Waals surface area contributed by atoms with Crippen molar-refractivity contribution in [3.05, 3.63) is 23.4 Å². The van der Waals surface area contributed by atoms with Crippen LogP contribution in [0.3, 0.4) is 0 Å². The molecule has 1 aromatic heterocycles. The minimum atomic E-state index is 0.142. The summed E-state index contributed by atoms with van der Waals surface area (Å²) in [6.07, 6.45) is 2.57. The van der Waals surface area contributed by atoms with Crippen LogP contribution in [0.15, 0.2) is 12.3 Å². The van der Waals surface area contributed by atoms with Gasteiger partial charge < -0.3 is 10.2 Å². The molecule has 1 aliphatic rings. The van der Waals surface area contributed by atoms with Gasteiger partial charge in [-0.2, -0.15) is 5.26 Å². The minimum Gasteiger partial charge on any atom is -0.370 e. The highest BCUT2D eigenvalue weighted by molar-refractivity contribution is 5.73. The lowest BCUT2D eigenvalue weighted by molar-refractivity contribution is -0.128. The van der Waals surface area contributed by atoms with E-state index in [9.17, 15) is 4.79 Å². The van der Waals surface area contributed by atoms with Gasteiger partial charge in [-0.15, -0.1) is 0 Å². The first kappa shape index (κ1) is 16.2. The number of rotatable bonds is 4. The van der Waals surface area contributed by atoms with E-state index in [4.69, 9.17) is 5.26 Å². The van der Waals surface area contributed by atoms with Crippen molar-refractivity contribution in [2.45, 2.75) is 26.8 Å². The molecule has 6 heteroatoms. The Balaban J connectivity index is 2.09. The molecule has 0 saturated carbocycles. The van der Waals surface area contributed by atoms with Crippen LogP contribution in [0.25, 0.3) is 0 Å². The quantitative estimate of drug-likeness (QED) is 0.911. The summed E-state index contributed by atoms with van der Waals surface area (Å²) >= 11 is 0. The van der Waals surface area contributed by atoms with Crippen LogP contribution in [-0.4, -0.2) is 53.4 Å². The van der Waals surface area contributed by atoms with Crippen LogP contribution in [0, 0.1) is 11.3 Å². The van der Waals surface area contributed by atoms with Crippen molar-refractivity contribution >= 4 is 11.7 Å². The zero-order valence-corrected chi connectivity index (χ0v) is 13.3. The highest BCUT2D eigenvalue weighted by Crippen LogP contribution is 2.17. The predicted molar refractivity (Wildman–Crippen MR) is 85.3 cm³/mol. The predicted octanol–water partition coefficient (Wildman–Crippen LogP) is 1.44. The Morgan fingerprint density at radius 3 is 2.91 bits per heavy atom. The van der Waals surface area contributed by atoms with Crippen molar-refractivity contribution in [1.82, 2.24) is 14.8 Å². The molecule has 6 nitrogen and oxygen atoms in total. The van der Waals surface area contributed by atoms with E-state index >= 15 is 0 Å². The Morgan fingerprint density at radius 1 is 1.41 bits per heavy atom. The van der Waals surface area contributed by atoms with E-state index in [0.717, 1.165) is 57.1 Å². The molecular formula is C16H23N5O. The molecule has 0 atom stereocenters. The van der Waals surface area contributed by atoms with Crippen molar-refractivity contribution in [3.8, 4) is 6.07 Å². The fourth-order valence-corrected chi connectivity index (χ4v) is 2.70. The number of nitriles is 1. The highest BCUT2D eigenvalue weighted by atomic mass is 16.2. The maximum atomic E-state index is 11.5. The van der Waals surface area contributed by atoms with Gasteiger partial charge in [0, 0.05) is 58.0 Å². The third-order valence-corrected chi connectivity index (χ3v) is 3.87. The molecule has 0 radical (unpaired) electrons. The number of aromatic nitrogens is 1. The molecule has 1 amide bonds. The molecule has 1 saturated heterocycles. The Hall–Kier alpha value is -2.13. The van der Waals surface area contributed by atoms with Gasteiger partial charge in [-0.3, -0.25) is 9.69 Å². The summed E-state index contributed by atoms with van der Waals surface area (Å²) in [5, 5.41) is 12.3. The molecule has 0 aliphatic carbocycles. The first-order chi connectivity index (χ1) is 10.6. The van der Waals surface area contributed by atoms with Gasteiger partial charge in [-0.1, -0.05) is 0 Å². The normalized spacial score (nSPS) is 16.0. The minimum absolute atomic E-state index is 0.142. The van der Waals surface area contributed by atoms with Crippen LogP contribution in [0.2, 0.25) is 0 Å². The van der Waals surface area contributed by atoms with E-state index in [0.29, 0.717) is 5.56 Å². The van der Waals surface area contributed by atoms with E-state index in [1.165, 1.54) is 0 Å². The molecule has 0 spiro atoms. The molecule has 1 N–H and O–H groups in total. The van der Waals surface area contributed by atoms with Crippen LogP contribution in [-0.2, 0) is 11.3 Å². The monoisotopic (exact) mass is 301 g/mol. The van der Waals surface area contributed by atoms with E-state index in [-0.39, 0.29) is 5.91 Å². The third-order valence-electron chi connectivity index (χ3n) is 3.87. The second-order valence-corrected chi connectivity index (χ2v) is 5.51. The number of carbonyl (C=O) groups excluding carboxylic acids is 1. The second kappa shape index (κ2) is 7.76. The standard InChI is InChI=1S/C16H23N5O/c1-3-18-16-15(9-14(10-17)11-19-16)12-20-5-4-6-21(8-7-20)13(2)22/h9,11H,3-8,12H2,1-2H3,(H,18,19). The van der Waals surface area contributed by atoms with Gasteiger partial charge in [0.1, 0.15) is 11.9 Å². The molecule has 22 heavy (non-hydrogen) atoms. The SMILES string of the molecule is CCNc1ncc(C#N)cc1CN1CCCN(C(C)=O)CC1. The maximum Gasteiger partial charge on any atom is 0.219 e. The molecule has 0 bridgehead atoms. The van der Waals surface area contributed by atoms with E-state index < -0.39 is 0 Å². The third kappa shape index (κ3) is 4.18. The van der Waals surface area contributed by atoms with E-state index in [1.54, 1.807) is 13.1 Å². The summed E-state index contributed by atoms with van der Waals surface area (Å²) in [6.45, 7) is 8.58. The van der Waals surface area contributed by atoms with Gasteiger partial charge in [0.2, 0.25) is 5.91 Å². The number of nitrogens with one attached hydrogen (secondary N) is 1. The number of anilines is 1. The smallest absolute Gasteiger partial charge is 0.219 e. The van der Waals surface area contributed by atoms with Crippen molar-refractivity contribution in [1.29, 1.82) is 5.26 Å².